The highest BCUT2D eigenvalue weighted by Gasteiger charge is 2.19. The van der Waals surface area contributed by atoms with Crippen LogP contribution in [0.5, 0.6) is 0 Å². The van der Waals surface area contributed by atoms with Gasteiger partial charge >= 0.3 is 0 Å². The van der Waals surface area contributed by atoms with Crippen LogP contribution in [0, 0.1) is 5.82 Å². The Morgan fingerprint density at radius 1 is 1.35 bits per heavy atom. The molecule has 0 aromatic heterocycles. The molecule has 0 bridgehead atoms. The number of nitrogen functional groups attached to an aromatic ring is 1. The van der Waals surface area contributed by atoms with Gasteiger partial charge in [0.1, 0.15) is 10.7 Å². The van der Waals surface area contributed by atoms with E-state index in [2.05, 4.69) is 4.72 Å². The summed E-state index contributed by atoms with van der Waals surface area (Å²) in [6, 6.07) is 3.27. The molecular weight excluding hydrogens is 283 g/mol. The molecule has 0 radical (unpaired) electrons. The van der Waals surface area contributed by atoms with Crippen molar-refractivity contribution in [3.63, 3.8) is 0 Å². The molecule has 1 aromatic rings. The third kappa shape index (κ3) is 3.91. The lowest BCUT2D eigenvalue weighted by Crippen LogP contribution is -2.29. The van der Waals surface area contributed by atoms with Crippen LogP contribution in [0.4, 0.5) is 10.1 Å². The van der Waals surface area contributed by atoms with Crippen molar-refractivity contribution in [2.75, 3.05) is 18.9 Å². The smallest absolute Gasteiger partial charge is 0.242 e. The topological polar surface area (TPSA) is 81.4 Å². The third-order valence-electron chi connectivity index (χ3n) is 3.32. The average molecular weight is 302 g/mol. The number of anilines is 1. The molecule has 0 heterocycles. The molecule has 3 N–H and O–H groups in total. The normalized spacial score (nSPS) is 16.6. The number of sulfonamides is 1. The van der Waals surface area contributed by atoms with Crippen LogP contribution in [0.15, 0.2) is 23.1 Å². The highest BCUT2D eigenvalue weighted by molar-refractivity contribution is 7.89. The van der Waals surface area contributed by atoms with E-state index < -0.39 is 15.8 Å². The summed E-state index contributed by atoms with van der Waals surface area (Å²) in [7, 11) is -3.80. The molecule has 1 aromatic carbocycles. The zero-order valence-corrected chi connectivity index (χ0v) is 12.0. The first-order valence-corrected chi connectivity index (χ1v) is 8.13. The molecule has 0 saturated heterocycles. The monoisotopic (exact) mass is 302 g/mol. The summed E-state index contributed by atoms with van der Waals surface area (Å²) >= 11 is 0. The zero-order chi connectivity index (χ0) is 14.6. The van der Waals surface area contributed by atoms with Crippen molar-refractivity contribution >= 4 is 15.7 Å². The molecule has 1 aliphatic carbocycles. The Morgan fingerprint density at radius 2 is 2.05 bits per heavy atom. The minimum Gasteiger partial charge on any atom is -0.398 e. The minimum absolute atomic E-state index is 0.0237. The number of nitrogens with one attached hydrogen (secondary N) is 1. The maximum Gasteiger partial charge on any atom is 0.242 e. The molecule has 1 fully saturated rings. The lowest BCUT2D eigenvalue weighted by Gasteiger charge is -2.12. The van der Waals surface area contributed by atoms with Crippen LogP contribution in [0.1, 0.15) is 25.7 Å². The Morgan fingerprint density at radius 3 is 2.75 bits per heavy atom. The van der Waals surface area contributed by atoms with Crippen LogP contribution < -0.4 is 10.5 Å². The standard InChI is InChI=1S/C13H19FN2O3S/c14-10-5-6-12(15)13(9-10)20(17,18)16-7-8-19-11-3-1-2-4-11/h5-6,9,11,16H,1-4,7-8,15H2. The van der Waals surface area contributed by atoms with E-state index in [-0.39, 0.29) is 23.2 Å². The van der Waals surface area contributed by atoms with E-state index in [1.807, 2.05) is 0 Å². The van der Waals surface area contributed by atoms with Crippen molar-refractivity contribution in [1.29, 1.82) is 0 Å². The zero-order valence-electron chi connectivity index (χ0n) is 11.1. The first-order chi connectivity index (χ1) is 9.49. The van der Waals surface area contributed by atoms with Gasteiger partial charge in [0, 0.05) is 6.54 Å². The molecule has 1 saturated carbocycles. The summed E-state index contributed by atoms with van der Waals surface area (Å²) in [6.45, 7) is 0.452. The molecule has 7 heteroatoms. The van der Waals surface area contributed by atoms with Crippen molar-refractivity contribution < 1.29 is 17.5 Å². The van der Waals surface area contributed by atoms with Crippen molar-refractivity contribution in [3.8, 4) is 0 Å². The molecule has 0 atom stereocenters. The van der Waals surface area contributed by atoms with Gasteiger partial charge in [-0.15, -0.1) is 0 Å². The summed E-state index contributed by atoms with van der Waals surface area (Å²) in [5.41, 5.74) is 5.59. The van der Waals surface area contributed by atoms with E-state index in [1.165, 1.54) is 6.07 Å². The number of benzene rings is 1. The second-order valence-corrected chi connectivity index (χ2v) is 6.59. The second kappa shape index (κ2) is 6.51. The van der Waals surface area contributed by atoms with Crippen LogP contribution in [0.25, 0.3) is 0 Å². The lowest BCUT2D eigenvalue weighted by molar-refractivity contribution is 0.0626. The third-order valence-corrected chi connectivity index (χ3v) is 4.83. The van der Waals surface area contributed by atoms with Gasteiger partial charge in [-0.1, -0.05) is 12.8 Å². The van der Waals surface area contributed by atoms with Crippen molar-refractivity contribution in [1.82, 2.24) is 4.72 Å². The second-order valence-electron chi connectivity index (χ2n) is 4.86. The fourth-order valence-electron chi connectivity index (χ4n) is 2.28. The fourth-order valence-corrected chi connectivity index (χ4v) is 3.43. The number of hydrogen-bond donors (Lipinski definition) is 2. The molecule has 0 aliphatic heterocycles. The number of rotatable bonds is 6. The molecule has 20 heavy (non-hydrogen) atoms. The first kappa shape index (κ1) is 15.2. The van der Waals surface area contributed by atoms with Crippen LogP contribution in [0.3, 0.4) is 0 Å². The minimum atomic E-state index is -3.80. The average Bonchev–Trinajstić information content (AvgIpc) is 2.90. The van der Waals surface area contributed by atoms with Gasteiger partial charge in [-0.25, -0.2) is 17.5 Å². The summed E-state index contributed by atoms with van der Waals surface area (Å²) in [4.78, 5) is -0.238. The lowest BCUT2D eigenvalue weighted by atomic mass is 10.3. The van der Waals surface area contributed by atoms with E-state index in [0.29, 0.717) is 6.61 Å². The van der Waals surface area contributed by atoms with Crippen molar-refractivity contribution in [3.05, 3.63) is 24.0 Å². The summed E-state index contributed by atoms with van der Waals surface area (Å²) in [5.74, 6) is -0.637. The predicted molar refractivity (Wildman–Crippen MR) is 74.2 cm³/mol. The summed E-state index contributed by atoms with van der Waals surface area (Å²) in [6.07, 6.45) is 4.62. The Kier molecular flexibility index (Phi) is 4.95. The van der Waals surface area contributed by atoms with E-state index >= 15 is 0 Å². The highest BCUT2D eigenvalue weighted by atomic mass is 32.2. The molecule has 5 nitrogen and oxygen atoms in total. The number of ether oxygens (including phenoxy) is 1. The Labute approximate surface area is 118 Å². The van der Waals surface area contributed by atoms with Crippen molar-refractivity contribution in [2.45, 2.75) is 36.7 Å². The number of hydrogen-bond acceptors (Lipinski definition) is 4. The van der Waals surface area contributed by atoms with Gasteiger partial charge in [0.05, 0.1) is 18.4 Å². The summed E-state index contributed by atoms with van der Waals surface area (Å²) in [5, 5.41) is 0. The molecule has 1 aliphatic rings. The SMILES string of the molecule is Nc1ccc(F)cc1S(=O)(=O)NCCOC1CCCC1. The number of nitrogens with two attached hydrogens (primary N) is 1. The summed E-state index contributed by atoms with van der Waals surface area (Å²) < 4.78 is 45.0. The van der Waals surface area contributed by atoms with Crippen LogP contribution in [-0.2, 0) is 14.8 Å². The Balaban J connectivity index is 1.88. The first-order valence-electron chi connectivity index (χ1n) is 6.65. The van der Waals surface area contributed by atoms with Gasteiger partial charge in [0.15, 0.2) is 0 Å². The molecular formula is C13H19FN2O3S. The highest BCUT2D eigenvalue weighted by Crippen LogP contribution is 2.21. The van der Waals surface area contributed by atoms with Crippen molar-refractivity contribution in [2.24, 2.45) is 0 Å². The Hall–Kier alpha value is -1.18. The molecule has 2 rings (SSSR count). The quantitative estimate of drug-likeness (QED) is 0.618. The Bertz CT molecular complexity index is 557. The molecule has 0 amide bonds. The molecule has 112 valence electrons. The van der Waals surface area contributed by atoms with Crippen LogP contribution in [0.2, 0.25) is 0 Å². The molecule has 0 spiro atoms. The van der Waals surface area contributed by atoms with Gasteiger partial charge < -0.3 is 10.5 Å². The fraction of sp³-hybridized carbons (Fsp3) is 0.538. The van der Waals surface area contributed by atoms with E-state index in [1.54, 1.807) is 0 Å². The van der Waals surface area contributed by atoms with E-state index in [0.717, 1.165) is 37.8 Å². The van der Waals surface area contributed by atoms with Gasteiger partial charge in [-0.2, -0.15) is 0 Å². The van der Waals surface area contributed by atoms with Gasteiger partial charge in [-0.05, 0) is 31.0 Å². The van der Waals surface area contributed by atoms with E-state index in [4.69, 9.17) is 10.5 Å². The molecule has 0 unspecified atom stereocenters. The van der Waals surface area contributed by atoms with Gasteiger partial charge in [0.25, 0.3) is 0 Å². The van der Waals surface area contributed by atoms with Crippen LogP contribution >= 0.6 is 0 Å². The number of halogens is 1. The maximum absolute atomic E-state index is 13.1. The van der Waals surface area contributed by atoms with E-state index in [9.17, 15) is 12.8 Å². The van der Waals surface area contributed by atoms with Crippen LogP contribution in [-0.4, -0.2) is 27.7 Å². The van der Waals surface area contributed by atoms with Gasteiger partial charge in [0.2, 0.25) is 10.0 Å². The maximum atomic E-state index is 13.1. The predicted octanol–water partition coefficient (Wildman–Crippen LogP) is 1.65. The largest absolute Gasteiger partial charge is 0.398 e. The van der Waals surface area contributed by atoms with Gasteiger partial charge in [-0.3, -0.25) is 0 Å².